The number of nitrogens with one attached hydrogen (secondary N) is 1. The van der Waals surface area contributed by atoms with Crippen LogP contribution in [0.2, 0.25) is 0 Å². The van der Waals surface area contributed by atoms with Gasteiger partial charge in [0.05, 0.1) is 0 Å². The Morgan fingerprint density at radius 3 is 2.50 bits per heavy atom. The van der Waals surface area contributed by atoms with Crippen LogP contribution in [0.25, 0.3) is 11.1 Å². The van der Waals surface area contributed by atoms with Crippen molar-refractivity contribution in [2.75, 3.05) is 11.1 Å². The molecule has 0 saturated heterocycles. The monoisotopic (exact) mass is 380 g/mol. The number of halogens is 3. The standard InChI is InChI=1S/C17H15F3N4OS/c1-9-3-5-10(6-4-9)11-7-8-26-16(11)22-15(25)12-13(17(18,19)20)23-24(2)14(12)21/h3-8H,21H2,1-2H3,(H,22,25). The summed E-state index contributed by atoms with van der Waals surface area (Å²) in [5, 5.41) is 8.06. The fourth-order valence-corrected chi connectivity index (χ4v) is 3.30. The number of rotatable bonds is 3. The van der Waals surface area contributed by atoms with E-state index in [1.807, 2.05) is 31.2 Å². The fraction of sp³-hybridized carbons (Fsp3) is 0.176. The number of amides is 1. The van der Waals surface area contributed by atoms with Gasteiger partial charge in [-0.2, -0.15) is 18.3 Å². The number of nitrogen functional groups attached to an aromatic ring is 1. The molecule has 0 atom stereocenters. The molecule has 0 aliphatic rings. The topological polar surface area (TPSA) is 72.9 Å². The SMILES string of the molecule is Cc1ccc(-c2ccsc2NC(=O)c2c(C(F)(F)F)nn(C)c2N)cc1. The van der Waals surface area contributed by atoms with E-state index in [0.717, 1.165) is 21.4 Å². The summed E-state index contributed by atoms with van der Waals surface area (Å²) in [4.78, 5) is 12.5. The van der Waals surface area contributed by atoms with Crippen LogP contribution in [0.3, 0.4) is 0 Å². The molecule has 1 amide bonds. The highest BCUT2D eigenvalue weighted by molar-refractivity contribution is 7.15. The van der Waals surface area contributed by atoms with E-state index in [1.54, 1.807) is 11.4 Å². The predicted octanol–water partition coefficient (Wildman–Crippen LogP) is 4.31. The van der Waals surface area contributed by atoms with Crippen molar-refractivity contribution in [3.05, 3.63) is 52.5 Å². The molecule has 136 valence electrons. The van der Waals surface area contributed by atoms with Gasteiger partial charge in [0.1, 0.15) is 16.4 Å². The number of nitrogens with zero attached hydrogens (tertiary/aromatic N) is 2. The lowest BCUT2D eigenvalue weighted by molar-refractivity contribution is -0.141. The van der Waals surface area contributed by atoms with Crippen molar-refractivity contribution in [1.29, 1.82) is 0 Å². The minimum absolute atomic E-state index is 0.344. The zero-order chi connectivity index (χ0) is 19.1. The molecule has 0 spiro atoms. The molecule has 0 saturated carbocycles. The van der Waals surface area contributed by atoms with Crippen LogP contribution in [0.4, 0.5) is 24.0 Å². The van der Waals surface area contributed by atoms with Gasteiger partial charge < -0.3 is 11.1 Å². The molecule has 2 aromatic heterocycles. The van der Waals surface area contributed by atoms with Gasteiger partial charge in [-0.05, 0) is 23.9 Å². The molecule has 0 aliphatic carbocycles. The third-order valence-corrected chi connectivity index (χ3v) is 4.67. The van der Waals surface area contributed by atoms with Crippen LogP contribution in [0.5, 0.6) is 0 Å². The molecule has 0 bridgehead atoms. The number of aromatic nitrogens is 2. The highest BCUT2D eigenvalue weighted by Crippen LogP contribution is 2.36. The minimum atomic E-state index is -4.78. The van der Waals surface area contributed by atoms with Gasteiger partial charge in [0.2, 0.25) is 0 Å². The Hall–Kier alpha value is -2.81. The van der Waals surface area contributed by atoms with Gasteiger partial charge in [-0.1, -0.05) is 29.8 Å². The molecule has 5 nitrogen and oxygen atoms in total. The van der Waals surface area contributed by atoms with Crippen LogP contribution < -0.4 is 11.1 Å². The van der Waals surface area contributed by atoms with Gasteiger partial charge in [-0.15, -0.1) is 11.3 Å². The number of carbonyl (C=O) groups is 1. The van der Waals surface area contributed by atoms with Crippen molar-refractivity contribution in [2.45, 2.75) is 13.1 Å². The van der Waals surface area contributed by atoms with Crippen LogP contribution in [0.1, 0.15) is 21.6 Å². The van der Waals surface area contributed by atoms with E-state index in [-0.39, 0.29) is 5.82 Å². The zero-order valence-electron chi connectivity index (χ0n) is 13.9. The first-order valence-electron chi connectivity index (χ1n) is 7.54. The third kappa shape index (κ3) is 3.30. The van der Waals surface area contributed by atoms with E-state index in [2.05, 4.69) is 10.4 Å². The first-order chi connectivity index (χ1) is 12.2. The highest BCUT2D eigenvalue weighted by atomic mass is 32.1. The number of hydrogen-bond donors (Lipinski definition) is 2. The summed E-state index contributed by atoms with van der Waals surface area (Å²) >= 11 is 1.22. The largest absolute Gasteiger partial charge is 0.436 e. The van der Waals surface area contributed by atoms with E-state index >= 15 is 0 Å². The molecule has 3 rings (SSSR count). The van der Waals surface area contributed by atoms with Gasteiger partial charge in [0.25, 0.3) is 5.91 Å². The summed E-state index contributed by atoms with van der Waals surface area (Å²) in [7, 11) is 1.25. The number of nitrogens with two attached hydrogens (primary N) is 1. The van der Waals surface area contributed by atoms with E-state index in [9.17, 15) is 18.0 Å². The van der Waals surface area contributed by atoms with Crippen molar-refractivity contribution in [1.82, 2.24) is 9.78 Å². The Kier molecular flexibility index (Phi) is 4.49. The highest BCUT2D eigenvalue weighted by Gasteiger charge is 2.41. The summed E-state index contributed by atoms with van der Waals surface area (Å²) in [6.07, 6.45) is -4.78. The van der Waals surface area contributed by atoms with Gasteiger partial charge in [0, 0.05) is 12.6 Å². The average molecular weight is 380 g/mol. The average Bonchev–Trinajstić information content (AvgIpc) is 3.13. The Labute approximate surface area is 151 Å². The van der Waals surface area contributed by atoms with E-state index in [1.165, 1.54) is 18.4 Å². The molecule has 3 N–H and O–H groups in total. The van der Waals surface area contributed by atoms with E-state index in [4.69, 9.17) is 5.73 Å². The lowest BCUT2D eigenvalue weighted by atomic mass is 10.1. The molecule has 1 aromatic carbocycles. The molecule has 0 unspecified atom stereocenters. The maximum Gasteiger partial charge on any atom is 0.436 e. The lowest BCUT2D eigenvalue weighted by Crippen LogP contribution is -2.18. The van der Waals surface area contributed by atoms with Crippen molar-refractivity contribution in [3.63, 3.8) is 0 Å². The van der Waals surface area contributed by atoms with Crippen molar-refractivity contribution in [3.8, 4) is 11.1 Å². The van der Waals surface area contributed by atoms with Gasteiger partial charge in [0.15, 0.2) is 5.69 Å². The third-order valence-electron chi connectivity index (χ3n) is 3.84. The van der Waals surface area contributed by atoms with E-state index < -0.39 is 23.3 Å². The zero-order valence-corrected chi connectivity index (χ0v) is 14.7. The molecular weight excluding hydrogens is 365 g/mol. The summed E-state index contributed by atoms with van der Waals surface area (Å²) in [5.74, 6) is -1.29. The quantitative estimate of drug-likeness (QED) is 0.711. The Morgan fingerprint density at radius 2 is 1.88 bits per heavy atom. The van der Waals surface area contributed by atoms with Gasteiger partial charge >= 0.3 is 6.18 Å². The van der Waals surface area contributed by atoms with E-state index in [0.29, 0.717) is 5.00 Å². The summed E-state index contributed by atoms with van der Waals surface area (Å²) in [6.45, 7) is 1.95. The van der Waals surface area contributed by atoms with Crippen LogP contribution in [0, 0.1) is 6.92 Å². The van der Waals surface area contributed by atoms with Crippen LogP contribution in [-0.2, 0) is 13.2 Å². The summed E-state index contributed by atoms with van der Waals surface area (Å²) < 4.78 is 40.3. The number of aryl methyl sites for hydroxylation is 2. The number of thiophene rings is 1. The fourth-order valence-electron chi connectivity index (χ4n) is 2.49. The lowest BCUT2D eigenvalue weighted by Gasteiger charge is -2.09. The number of hydrogen-bond acceptors (Lipinski definition) is 4. The number of benzene rings is 1. The molecule has 2 heterocycles. The predicted molar refractivity (Wildman–Crippen MR) is 95.1 cm³/mol. The molecule has 9 heteroatoms. The number of carbonyl (C=O) groups excluding carboxylic acids is 1. The first-order valence-corrected chi connectivity index (χ1v) is 8.42. The Balaban J connectivity index is 1.96. The minimum Gasteiger partial charge on any atom is -0.383 e. The molecule has 0 aliphatic heterocycles. The van der Waals surface area contributed by atoms with Crippen molar-refractivity contribution < 1.29 is 18.0 Å². The second kappa shape index (κ2) is 6.49. The first kappa shape index (κ1) is 18.0. The maximum absolute atomic E-state index is 13.2. The van der Waals surface area contributed by atoms with Crippen LogP contribution in [-0.4, -0.2) is 15.7 Å². The number of alkyl halides is 3. The second-order valence-electron chi connectivity index (χ2n) is 5.71. The Morgan fingerprint density at radius 1 is 1.23 bits per heavy atom. The van der Waals surface area contributed by atoms with Crippen LogP contribution in [0.15, 0.2) is 35.7 Å². The molecule has 0 fully saturated rings. The van der Waals surface area contributed by atoms with Crippen molar-refractivity contribution in [2.24, 2.45) is 7.05 Å². The maximum atomic E-state index is 13.2. The summed E-state index contributed by atoms with van der Waals surface area (Å²) in [5.41, 5.74) is 6.31. The van der Waals surface area contributed by atoms with Gasteiger partial charge in [-0.3, -0.25) is 9.48 Å². The van der Waals surface area contributed by atoms with Gasteiger partial charge in [-0.25, -0.2) is 0 Å². The van der Waals surface area contributed by atoms with Crippen molar-refractivity contribution >= 4 is 28.1 Å². The molecule has 0 radical (unpaired) electrons. The summed E-state index contributed by atoms with van der Waals surface area (Å²) in [6, 6.07) is 9.39. The second-order valence-corrected chi connectivity index (χ2v) is 6.63. The molecule has 3 aromatic rings. The Bertz CT molecular complexity index is 958. The normalized spacial score (nSPS) is 11.6. The smallest absolute Gasteiger partial charge is 0.383 e. The van der Waals surface area contributed by atoms with Crippen LogP contribution >= 0.6 is 11.3 Å². The molecule has 26 heavy (non-hydrogen) atoms. The number of anilines is 2. The molecular formula is C17H15F3N4OS.